The molecule has 1 aliphatic heterocycles. The predicted octanol–water partition coefficient (Wildman–Crippen LogP) is 5.58. The molecule has 2 atom stereocenters. The van der Waals surface area contributed by atoms with Crippen molar-refractivity contribution in [3.05, 3.63) is 51.6 Å². The number of hydrogen-bond acceptors (Lipinski definition) is 6. The molecule has 10 heteroatoms. The van der Waals surface area contributed by atoms with Crippen molar-refractivity contribution in [2.75, 3.05) is 26.3 Å². The van der Waals surface area contributed by atoms with Crippen LogP contribution in [0.2, 0.25) is 10.0 Å². The number of halogens is 2. The van der Waals surface area contributed by atoms with E-state index in [9.17, 15) is 14.7 Å². The molecule has 0 bridgehead atoms. The summed E-state index contributed by atoms with van der Waals surface area (Å²) in [6, 6.07) is 7.04. The molecular formula is C25H30Cl2N2O6. The van der Waals surface area contributed by atoms with Gasteiger partial charge in [-0.25, -0.2) is 9.78 Å². The number of hydrogen-bond donors (Lipinski definition) is 1. The second kappa shape index (κ2) is 11.4. The van der Waals surface area contributed by atoms with E-state index in [1.54, 1.807) is 51.2 Å². The molecule has 35 heavy (non-hydrogen) atoms. The van der Waals surface area contributed by atoms with Crippen molar-refractivity contribution < 1.29 is 28.9 Å². The number of piperidine rings is 1. The van der Waals surface area contributed by atoms with Crippen molar-refractivity contribution in [3.8, 4) is 11.6 Å². The number of amides is 1. The van der Waals surface area contributed by atoms with Crippen LogP contribution in [0.15, 0.2) is 30.5 Å². The zero-order valence-corrected chi connectivity index (χ0v) is 21.7. The van der Waals surface area contributed by atoms with E-state index in [-0.39, 0.29) is 25.7 Å². The summed E-state index contributed by atoms with van der Waals surface area (Å²) in [5.41, 5.74) is 1.08. The van der Waals surface area contributed by atoms with Crippen LogP contribution in [0.25, 0.3) is 0 Å². The second-order valence-electron chi connectivity index (χ2n) is 9.45. The van der Waals surface area contributed by atoms with Gasteiger partial charge in [0.05, 0.1) is 16.0 Å². The molecule has 1 aliphatic rings. The Labute approximate surface area is 215 Å². The number of pyridine rings is 1. The van der Waals surface area contributed by atoms with Crippen LogP contribution in [0, 0.1) is 12.8 Å². The number of rotatable bonds is 7. The summed E-state index contributed by atoms with van der Waals surface area (Å²) in [5.74, 6) is -1.21. The van der Waals surface area contributed by atoms with E-state index in [1.165, 1.54) is 4.90 Å². The summed E-state index contributed by atoms with van der Waals surface area (Å²) < 4.78 is 16.7. The molecule has 8 nitrogen and oxygen atoms in total. The number of carbonyl (C=O) groups is 2. The Morgan fingerprint density at radius 1 is 1.14 bits per heavy atom. The van der Waals surface area contributed by atoms with Gasteiger partial charge in [0.15, 0.2) is 5.75 Å². The van der Waals surface area contributed by atoms with Crippen LogP contribution in [0.4, 0.5) is 4.79 Å². The van der Waals surface area contributed by atoms with Crippen molar-refractivity contribution >= 4 is 35.3 Å². The summed E-state index contributed by atoms with van der Waals surface area (Å²) >= 11 is 12.4. The first-order valence-electron chi connectivity index (χ1n) is 11.3. The Kier molecular flexibility index (Phi) is 8.72. The number of carboxylic acids is 1. The molecule has 1 saturated heterocycles. The Morgan fingerprint density at radius 2 is 1.80 bits per heavy atom. The minimum Gasteiger partial charge on any atom is -0.487 e. The van der Waals surface area contributed by atoms with Crippen LogP contribution < -0.4 is 9.47 Å². The van der Waals surface area contributed by atoms with E-state index in [0.29, 0.717) is 34.6 Å². The van der Waals surface area contributed by atoms with E-state index in [0.717, 1.165) is 11.1 Å². The van der Waals surface area contributed by atoms with Crippen LogP contribution in [0.1, 0.15) is 44.2 Å². The molecule has 2 unspecified atom stereocenters. The normalized spacial score (nSPS) is 18.2. The molecule has 190 valence electrons. The number of carbonyl (C=O) groups excluding carboxylic acids is 1. The Balaban J connectivity index is 1.56. The molecule has 3 rings (SSSR count). The number of benzene rings is 1. The zero-order chi connectivity index (χ0) is 25.8. The first-order valence-corrected chi connectivity index (χ1v) is 12.1. The van der Waals surface area contributed by atoms with Gasteiger partial charge in [0.2, 0.25) is 5.88 Å². The molecule has 2 aromatic rings. The maximum atomic E-state index is 12.4. The summed E-state index contributed by atoms with van der Waals surface area (Å²) in [4.78, 5) is 30.1. The highest BCUT2D eigenvalue weighted by molar-refractivity contribution is 6.37. The van der Waals surface area contributed by atoms with Crippen molar-refractivity contribution in [2.24, 2.45) is 5.92 Å². The molecule has 1 amide bonds. The maximum absolute atomic E-state index is 12.4. The first kappa shape index (κ1) is 26.9. The largest absolute Gasteiger partial charge is 0.487 e. The summed E-state index contributed by atoms with van der Waals surface area (Å²) in [7, 11) is 0. The molecule has 1 fully saturated rings. The third-order valence-electron chi connectivity index (χ3n) is 5.49. The fourth-order valence-corrected chi connectivity index (χ4v) is 4.61. The highest BCUT2D eigenvalue weighted by atomic mass is 35.5. The number of aromatic nitrogens is 1. The number of carboxylic acid groups (broad SMARTS) is 1. The maximum Gasteiger partial charge on any atom is 0.410 e. The summed E-state index contributed by atoms with van der Waals surface area (Å²) in [6.07, 6.45) is 1.61. The quantitative estimate of drug-likeness (QED) is 0.472. The second-order valence-corrected chi connectivity index (χ2v) is 10.3. The van der Waals surface area contributed by atoms with Crippen molar-refractivity contribution in [3.63, 3.8) is 0 Å². The Morgan fingerprint density at radius 3 is 2.37 bits per heavy atom. The summed E-state index contributed by atoms with van der Waals surface area (Å²) in [5, 5.41) is 10.7. The average molecular weight is 525 g/mol. The molecule has 1 aromatic carbocycles. The van der Waals surface area contributed by atoms with Crippen LogP contribution in [0.3, 0.4) is 0 Å². The lowest BCUT2D eigenvalue weighted by Gasteiger charge is -2.37. The van der Waals surface area contributed by atoms with E-state index in [1.807, 2.05) is 6.92 Å². The van der Waals surface area contributed by atoms with Crippen molar-refractivity contribution in [1.29, 1.82) is 0 Å². The standard InChI is InChI=1S/C25H30Cl2N2O6/c1-15-11-19(26)22(20(27)12-15)34-10-9-33-21-6-5-16(13-28-21)17-7-8-29(14-18(17)23(30)31)24(32)35-25(2,3)4/h5-6,11-13,17-18H,7-10,14H2,1-4H3,(H,30,31). The highest BCUT2D eigenvalue weighted by Gasteiger charge is 2.38. The van der Waals surface area contributed by atoms with Crippen molar-refractivity contribution in [1.82, 2.24) is 9.88 Å². The molecular weight excluding hydrogens is 495 g/mol. The third-order valence-corrected chi connectivity index (χ3v) is 6.05. The molecule has 0 aliphatic carbocycles. The van der Waals surface area contributed by atoms with Gasteiger partial charge >= 0.3 is 12.1 Å². The van der Waals surface area contributed by atoms with Gasteiger partial charge < -0.3 is 24.2 Å². The van der Waals surface area contributed by atoms with Gasteiger partial charge in [0, 0.05) is 31.3 Å². The number of likely N-dealkylation sites (tertiary alicyclic amines) is 1. The highest BCUT2D eigenvalue weighted by Crippen LogP contribution is 2.35. The fourth-order valence-electron chi connectivity index (χ4n) is 3.90. The van der Waals surface area contributed by atoms with Crippen molar-refractivity contribution in [2.45, 2.75) is 45.6 Å². The van der Waals surface area contributed by atoms with E-state index < -0.39 is 23.6 Å². The van der Waals surface area contributed by atoms with E-state index in [4.69, 9.17) is 37.4 Å². The lowest BCUT2D eigenvalue weighted by Crippen LogP contribution is -2.47. The SMILES string of the molecule is Cc1cc(Cl)c(OCCOc2ccc(C3CCN(C(=O)OC(C)(C)C)CC3C(=O)O)cn2)c(Cl)c1. The monoisotopic (exact) mass is 524 g/mol. The fraction of sp³-hybridized carbons (Fsp3) is 0.480. The topological polar surface area (TPSA) is 98.2 Å². The van der Waals surface area contributed by atoms with Gasteiger partial charge in [-0.3, -0.25) is 4.79 Å². The molecule has 2 heterocycles. The number of aryl methyl sites for hydroxylation is 1. The molecule has 1 N–H and O–H groups in total. The minimum absolute atomic E-state index is 0.0780. The van der Waals surface area contributed by atoms with E-state index in [2.05, 4.69) is 4.98 Å². The van der Waals surface area contributed by atoms with Crippen LogP contribution in [-0.2, 0) is 9.53 Å². The molecule has 0 spiro atoms. The van der Waals surface area contributed by atoms with Gasteiger partial charge in [0.25, 0.3) is 0 Å². The zero-order valence-electron chi connectivity index (χ0n) is 20.2. The molecule has 0 saturated carbocycles. The van der Waals surface area contributed by atoms with Crippen LogP contribution >= 0.6 is 23.2 Å². The van der Waals surface area contributed by atoms with Gasteiger partial charge in [-0.15, -0.1) is 0 Å². The smallest absolute Gasteiger partial charge is 0.410 e. The number of nitrogens with zero attached hydrogens (tertiary/aromatic N) is 2. The molecule has 0 radical (unpaired) electrons. The lowest BCUT2D eigenvalue weighted by atomic mass is 9.81. The van der Waals surface area contributed by atoms with Gasteiger partial charge in [-0.1, -0.05) is 29.3 Å². The molecule has 1 aromatic heterocycles. The van der Waals surface area contributed by atoms with E-state index >= 15 is 0 Å². The Bertz CT molecular complexity index is 1030. The lowest BCUT2D eigenvalue weighted by molar-refractivity contribution is -0.144. The average Bonchev–Trinajstić information content (AvgIpc) is 2.76. The first-order chi connectivity index (χ1) is 16.4. The Hall–Kier alpha value is -2.71. The van der Waals surface area contributed by atoms with Gasteiger partial charge in [0.1, 0.15) is 18.8 Å². The van der Waals surface area contributed by atoms with Crippen LogP contribution in [-0.4, -0.2) is 59.0 Å². The number of aliphatic carboxylic acids is 1. The van der Waals surface area contributed by atoms with Gasteiger partial charge in [-0.05, 0) is 57.4 Å². The van der Waals surface area contributed by atoms with Crippen LogP contribution in [0.5, 0.6) is 11.6 Å². The number of ether oxygens (including phenoxy) is 3. The predicted molar refractivity (Wildman–Crippen MR) is 133 cm³/mol. The third kappa shape index (κ3) is 7.39. The van der Waals surface area contributed by atoms with Gasteiger partial charge in [-0.2, -0.15) is 0 Å². The minimum atomic E-state index is -0.964. The summed E-state index contributed by atoms with van der Waals surface area (Å²) in [6.45, 7) is 8.15.